The van der Waals surface area contributed by atoms with E-state index in [1.807, 2.05) is 6.07 Å². The van der Waals surface area contributed by atoms with E-state index in [0.717, 1.165) is 10.8 Å². The lowest BCUT2D eigenvalue weighted by Gasteiger charge is -2.02. The number of furan rings is 2. The smallest absolute Gasteiger partial charge is 0.335 e. The molecule has 8 heteroatoms. The minimum atomic E-state index is -1.01. The molecule has 0 saturated carbocycles. The van der Waals surface area contributed by atoms with Crippen LogP contribution in [0.1, 0.15) is 15.9 Å². The number of H-pyrrole nitrogens is 2. The molecule has 156 valence electrons. The highest BCUT2D eigenvalue weighted by Gasteiger charge is 2.22. The number of fused-ring (bicyclic) bond motifs is 4. The van der Waals surface area contributed by atoms with E-state index in [2.05, 4.69) is 15.2 Å². The van der Waals surface area contributed by atoms with Crippen LogP contribution in [0.2, 0.25) is 0 Å². The molecule has 0 spiro atoms. The molecule has 32 heavy (non-hydrogen) atoms. The van der Waals surface area contributed by atoms with Gasteiger partial charge in [0.05, 0.1) is 16.5 Å². The highest BCUT2D eigenvalue weighted by Crippen LogP contribution is 2.40. The van der Waals surface area contributed by atoms with Crippen LogP contribution in [-0.2, 0) is 0 Å². The maximum absolute atomic E-state index is 12.1. The summed E-state index contributed by atoms with van der Waals surface area (Å²) < 4.78 is 12.3. The fraction of sp³-hybridized carbons (Fsp3) is 0.0417. The van der Waals surface area contributed by atoms with Gasteiger partial charge in [0.2, 0.25) is 0 Å². The summed E-state index contributed by atoms with van der Waals surface area (Å²) in [5.41, 5.74) is 4.17. The second-order valence-electron chi connectivity index (χ2n) is 7.56. The third-order valence-electron chi connectivity index (χ3n) is 5.66. The second kappa shape index (κ2) is 6.45. The Kier molecular flexibility index (Phi) is 3.67. The molecule has 0 aliphatic heterocycles. The van der Waals surface area contributed by atoms with Gasteiger partial charge in [-0.15, -0.1) is 0 Å². The fourth-order valence-electron chi connectivity index (χ4n) is 4.05. The van der Waals surface area contributed by atoms with Gasteiger partial charge in [-0.05, 0) is 43.3 Å². The molecular weight excluding hydrogens is 410 g/mol. The number of aromatic nitrogens is 3. The zero-order chi connectivity index (χ0) is 22.0. The van der Waals surface area contributed by atoms with Gasteiger partial charge < -0.3 is 19.0 Å². The average molecular weight is 425 g/mol. The normalized spacial score (nSPS) is 11.7. The predicted octanol–water partition coefficient (Wildman–Crippen LogP) is 5.08. The Bertz CT molecular complexity index is 1750. The van der Waals surface area contributed by atoms with E-state index in [1.54, 1.807) is 43.5 Å². The third-order valence-corrected chi connectivity index (χ3v) is 5.66. The maximum Gasteiger partial charge on any atom is 0.335 e. The lowest BCUT2D eigenvalue weighted by Crippen LogP contribution is -2.01. The van der Waals surface area contributed by atoms with Crippen LogP contribution >= 0.6 is 0 Å². The van der Waals surface area contributed by atoms with Gasteiger partial charge in [-0.1, -0.05) is 12.1 Å². The molecule has 0 saturated heterocycles. The Balaban J connectivity index is 1.63. The first-order valence-electron chi connectivity index (χ1n) is 9.87. The number of carboxylic acids is 1. The Morgan fingerprint density at radius 3 is 2.69 bits per heavy atom. The van der Waals surface area contributed by atoms with Crippen LogP contribution in [0.5, 0.6) is 0 Å². The van der Waals surface area contributed by atoms with Crippen LogP contribution in [0.25, 0.3) is 55.7 Å². The van der Waals surface area contributed by atoms with Crippen molar-refractivity contribution in [2.45, 2.75) is 6.92 Å². The molecule has 0 unspecified atom stereocenters. The summed E-state index contributed by atoms with van der Waals surface area (Å²) in [4.78, 5) is 28.2. The van der Waals surface area contributed by atoms with Gasteiger partial charge in [0.15, 0.2) is 16.7 Å². The number of rotatable bonds is 3. The first-order chi connectivity index (χ1) is 15.5. The Labute approximate surface area is 179 Å². The molecule has 2 aromatic carbocycles. The molecule has 0 amide bonds. The van der Waals surface area contributed by atoms with Crippen molar-refractivity contribution in [3.63, 3.8) is 0 Å². The van der Waals surface area contributed by atoms with Crippen molar-refractivity contribution >= 4 is 39.1 Å². The molecule has 3 N–H and O–H groups in total. The molecule has 0 atom stereocenters. The number of pyridine rings is 1. The molecule has 0 bridgehead atoms. The molecule has 6 rings (SSSR count). The number of hydrogen-bond acceptors (Lipinski definition) is 5. The summed E-state index contributed by atoms with van der Waals surface area (Å²) >= 11 is 0. The number of aromatic carboxylic acids is 1. The van der Waals surface area contributed by atoms with E-state index < -0.39 is 5.97 Å². The number of nitrogens with one attached hydrogen (secondary N) is 2. The van der Waals surface area contributed by atoms with Crippen molar-refractivity contribution in [2.24, 2.45) is 0 Å². The SMILES string of the molecule is Cc1c(=O)ccc2c1oc1c(-c3ccc(-c4cccc(C(=O)O)c4)o3)c3c[nH][nH]c3nc12. The molecule has 8 nitrogen and oxygen atoms in total. The lowest BCUT2D eigenvalue weighted by atomic mass is 10.1. The third kappa shape index (κ3) is 2.53. The van der Waals surface area contributed by atoms with Gasteiger partial charge in [-0.3, -0.25) is 9.89 Å². The minimum absolute atomic E-state index is 0.101. The summed E-state index contributed by atoms with van der Waals surface area (Å²) in [7, 11) is 0. The van der Waals surface area contributed by atoms with Crippen LogP contribution in [0, 0.1) is 6.92 Å². The van der Waals surface area contributed by atoms with Gasteiger partial charge in [-0.25, -0.2) is 9.78 Å². The van der Waals surface area contributed by atoms with E-state index in [0.29, 0.717) is 50.5 Å². The number of hydrogen-bond donors (Lipinski definition) is 3. The predicted molar refractivity (Wildman–Crippen MR) is 119 cm³/mol. The summed E-state index contributed by atoms with van der Waals surface area (Å²) in [6.45, 7) is 1.73. The van der Waals surface area contributed by atoms with Crippen molar-refractivity contribution in [3.05, 3.63) is 76.1 Å². The topological polar surface area (TPSA) is 125 Å². The van der Waals surface area contributed by atoms with Crippen LogP contribution < -0.4 is 5.43 Å². The van der Waals surface area contributed by atoms with Crippen molar-refractivity contribution in [3.8, 4) is 22.6 Å². The molecule has 6 aromatic rings. The molecule has 0 aliphatic carbocycles. The molecule has 4 aromatic heterocycles. The zero-order valence-electron chi connectivity index (χ0n) is 16.7. The Morgan fingerprint density at radius 2 is 1.84 bits per heavy atom. The first kappa shape index (κ1) is 18.2. The number of carbonyl (C=O) groups is 1. The van der Waals surface area contributed by atoms with Crippen LogP contribution in [0.3, 0.4) is 0 Å². The quantitative estimate of drug-likeness (QED) is 0.363. The Morgan fingerprint density at radius 1 is 1.00 bits per heavy atom. The highest BCUT2D eigenvalue weighted by atomic mass is 16.4. The van der Waals surface area contributed by atoms with E-state index >= 15 is 0 Å². The monoisotopic (exact) mass is 425 g/mol. The second-order valence-corrected chi connectivity index (χ2v) is 7.56. The van der Waals surface area contributed by atoms with Gasteiger partial charge >= 0.3 is 5.97 Å². The zero-order valence-corrected chi connectivity index (χ0v) is 16.7. The van der Waals surface area contributed by atoms with Crippen LogP contribution in [0.15, 0.2) is 68.4 Å². The van der Waals surface area contributed by atoms with Crippen molar-refractivity contribution in [1.82, 2.24) is 15.2 Å². The van der Waals surface area contributed by atoms with E-state index in [9.17, 15) is 14.7 Å². The number of aromatic amines is 2. The van der Waals surface area contributed by atoms with Crippen molar-refractivity contribution in [1.29, 1.82) is 0 Å². The van der Waals surface area contributed by atoms with E-state index in [-0.39, 0.29) is 11.0 Å². The van der Waals surface area contributed by atoms with Crippen LogP contribution in [-0.4, -0.2) is 26.3 Å². The average Bonchev–Trinajstić information content (AvgIpc) is 3.53. The summed E-state index contributed by atoms with van der Waals surface area (Å²) in [6.07, 6.45) is 1.77. The van der Waals surface area contributed by atoms with E-state index in [1.165, 1.54) is 12.1 Å². The fourth-order valence-corrected chi connectivity index (χ4v) is 4.05. The largest absolute Gasteiger partial charge is 0.478 e. The number of benzene rings is 2. The van der Waals surface area contributed by atoms with Gasteiger partial charge in [0, 0.05) is 22.7 Å². The molecular formula is C24H15N3O5. The maximum atomic E-state index is 12.1. The van der Waals surface area contributed by atoms with Gasteiger partial charge in [0.1, 0.15) is 22.6 Å². The van der Waals surface area contributed by atoms with Gasteiger partial charge in [-0.2, -0.15) is 0 Å². The highest BCUT2D eigenvalue weighted by molar-refractivity contribution is 6.14. The van der Waals surface area contributed by atoms with Crippen molar-refractivity contribution in [2.75, 3.05) is 0 Å². The van der Waals surface area contributed by atoms with Crippen molar-refractivity contribution < 1.29 is 18.7 Å². The van der Waals surface area contributed by atoms with Crippen LogP contribution in [0.4, 0.5) is 0 Å². The minimum Gasteiger partial charge on any atom is -0.478 e. The number of nitrogens with zero attached hydrogens (tertiary/aromatic N) is 1. The molecule has 0 fully saturated rings. The summed E-state index contributed by atoms with van der Waals surface area (Å²) in [5, 5.41) is 16.8. The number of aryl methyl sites for hydroxylation is 1. The standard InChI is InChI=1S/C24H15N3O5/c1-11-16(28)6-5-14-20-22(32-21(11)14)19(15-10-25-27-23(15)26-20)18-8-7-17(31-18)12-3-2-4-13(9-12)24(29)30/h2-10H,1H3,(H,29,30)(H2,25,26,27). The molecule has 0 radical (unpaired) electrons. The number of carboxylic acid groups (broad SMARTS) is 1. The summed E-state index contributed by atoms with van der Waals surface area (Å²) in [5.74, 6) is 0.0504. The Hall–Kier alpha value is -4.59. The molecule has 0 aliphatic rings. The lowest BCUT2D eigenvalue weighted by molar-refractivity contribution is 0.0697. The molecule has 4 heterocycles. The van der Waals surface area contributed by atoms with E-state index in [4.69, 9.17) is 8.83 Å². The summed E-state index contributed by atoms with van der Waals surface area (Å²) in [6, 6.07) is 13.4. The van der Waals surface area contributed by atoms with Gasteiger partial charge in [0.25, 0.3) is 0 Å². The first-order valence-corrected chi connectivity index (χ1v) is 9.87.